The number of benzene rings is 1. The van der Waals surface area contributed by atoms with Crippen LogP contribution in [-0.2, 0) is 6.42 Å². The van der Waals surface area contributed by atoms with E-state index in [0.29, 0.717) is 5.75 Å². The lowest BCUT2D eigenvalue weighted by molar-refractivity contribution is 0.264. The lowest BCUT2D eigenvalue weighted by Crippen LogP contribution is -2.12. The fourth-order valence-corrected chi connectivity index (χ4v) is 2.69. The molecule has 1 aromatic carbocycles. The van der Waals surface area contributed by atoms with Gasteiger partial charge in [-0.3, -0.25) is 0 Å². The molecule has 1 heterocycles. The molecule has 0 spiro atoms. The molecule has 0 saturated heterocycles. The van der Waals surface area contributed by atoms with Crippen molar-refractivity contribution >= 4 is 6.08 Å². The van der Waals surface area contributed by atoms with Gasteiger partial charge in [0.15, 0.2) is 0 Å². The highest BCUT2D eigenvalue weighted by Crippen LogP contribution is 2.35. The molecular weight excluding hydrogens is 248 g/mol. The highest BCUT2D eigenvalue weighted by molar-refractivity contribution is 5.67. The maximum Gasteiger partial charge on any atom is 0.131 e. The number of phenols is 1. The fraction of sp³-hybridized carbons (Fsp3) is 0.333. The summed E-state index contributed by atoms with van der Waals surface area (Å²) in [6.07, 6.45) is 15.0. The number of aryl methyl sites for hydroxylation is 1. The molecule has 0 radical (unpaired) electrons. The van der Waals surface area contributed by atoms with Crippen LogP contribution in [-0.4, -0.2) is 11.2 Å². The summed E-state index contributed by atoms with van der Waals surface area (Å²) in [6.45, 7) is 2.00. The Bertz CT molecular complexity index is 594. The molecule has 3 rings (SSSR count). The SMILES string of the molecule is CC1C=Cc2c(O)cc(CCC3=CCCC=C3)cc2O1. The first-order chi connectivity index (χ1) is 9.72. The van der Waals surface area contributed by atoms with E-state index in [-0.39, 0.29) is 6.10 Å². The van der Waals surface area contributed by atoms with Crippen LogP contribution in [0.1, 0.15) is 37.3 Å². The van der Waals surface area contributed by atoms with E-state index >= 15 is 0 Å². The third kappa shape index (κ3) is 2.79. The number of hydrogen-bond donors (Lipinski definition) is 1. The Hall–Kier alpha value is -1.96. The molecule has 1 N–H and O–H groups in total. The van der Waals surface area contributed by atoms with Crippen LogP contribution in [0.25, 0.3) is 6.08 Å². The highest BCUT2D eigenvalue weighted by atomic mass is 16.5. The van der Waals surface area contributed by atoms with Gasteiger partial charge in [0.25, 0.3) is 0 Å². The molecule has 1 aliphatic carbocycles. The molecule has 0 saturated carbocycles. The lowest BCUT2D eigenvalue weighted by atomic mass is 9.98. The third-order valence-corrected chi connectivity index (χ3v) is 3.80. The second kappa shape index (κ2) is 5.58. The largest absolute Gasteiger partial charge is 0.507 e. The molecule has 0 aromatic heterocycles. The van der Waals surface area contributed by atoms with Crippen LogP contribution >= 0.6 is 0 Å². The summed E-state index contributed by atoms with van der Waals surface area (Å²) in [5.41, 5.74) is 3.31. The number of hydrogen-bond acceptors (Lipinski definition) is 2. The van der Waals surface area contributed by atoms with Crippen molar-refractivity contribution in [1.82, 2.24) is 0 Å². The van der Waals surface area contributed by atoms with Crippen LogP contribution in [0.2, 0.25) is 0 Å². The molecule has 1 atom stereocenters. The molecule has 0 bridgehead atoms. The molecular formula is C18H20O2. The Labute approximate surface area is 120 Å². The van der Waals surface area contributed by atoms with Crippen molar-refractivity contribution < 1.29 is 9.84 Å². The van der Waals surface area contributed by atoms with Gasteiger partial charge < -0.3 is 9.84 Å². The van der Waals surface area contributed by atoms with Crippen LogP contribution in [0.15, 0.2) is 42.0 Å². The molecule has 20 heavy (non-hydrogen) atoms. The average Bonchev–Trinajstić information content (AvgIpc) is 2.46. The molecule has 1 unspecified atom stereocenters. The van der Waals surface area contributed by atoms with Gasteiger partial charge in [0.2, 0.25) is 0 Å². The van der Waals surface area contributed by atoms with Crippen LogP contribution < -0.4 is 4.74 Å². The topological polar surface area (TPSA) is 29.5 Å². The monoisotopic (exact) mass is 268 g/mol. The second-order valence-electron chi connectivity index (χ2n) is 5.47. The quantitative estimate of drug-likeness (QED) is 0.880. The van der Waals surface area contributed by atoms with Crippen LogP contribution in [0.4, 0.5) is 0 Å². The van der Waals surface area contributed by atoms with Crippen LogP contribution in [0, 0.1) is 0 Å². The van der Waals surface area contributed by atoms with E-state index in [4.69, 9.17) is 4.74 Å². The van der Waals surface area contributed by atoms with Gasteiger partial charge in [0.05, 0.1) is 5.56 Å². The summed E-state index contributed by atoms with van der Waals surface area (Å²) in [5, 5.41) is 10.1. The van der Waals surface area contributed by atoms with Gasteiger partial charge in [-0.15, -0.1) is 0 Å². The Balaban J connectivity index is 1.76. The van der Waals surface area contributed by atoms with Gasteiger partial charge in [-0.2, -0.15) is 0 Å². The van der Waals surface area contributed by atoms with Gasteiger partial charge in [-0.1, -0.05) is 23.8 Å². The molecule has 104 valence electrons. The average molecular weight is 268 g/mol. The smallest absolute Gasteiger partial charge is 0.131 e. The predicted octanol–water partition coefficient (Wildman–Crippen LogP) is 4.40. The van der Waals surface area contributed by atoms with Gasteiger partial charge in [-0.25, -0.2) is 0 Å². The number of allylic oxidation sites excluding steroid dienone is 4. The number of aromatic hydroxyl groups is 1. The van der Waals surface area contributed by atoms with Gasteiger partial charge >= 0.3 is 0 Å². The lowest BCUT2D eigenvalue weighted by Gasteiger charge is -2.20. The molecule has 2 nitrogen and oxygen atoms in total. The normalized spacial score (nSPS) is 20.2. The van der Waals surface area contributed by atoms with Crippen molar-refractivity contribution in [3.8, 4) is 11.5 Å². The van der Waals surface area contributed by atoms with E-state index in [1.807, 2.05) is 25.1 Å². The summed E-state index contributed by atoms with van der Waals surface area (Å²) in [7, 11) is 0. The molecule has 0 amide bonds. The Morgan fingerprint density at radius 2 is 2.10 bits per heavy atom. The first kappa shape index (κ1) is 13.0. The maximum absolute atomic E-state index is 10.1. The summed E-state index contributed by atoms with van der Waals surface area (Å²) in [4.78, 5) is 0. The fourth-order valence-electron chi connectivity index (χ4n) is 2.69. The minimum absolute atomic E-state index is 0.0705. The van der Waals surface area contributed by atoms with E-state index < -0.39 is 0 Å². The molecule has 0 fully saturated rings. The Kier molecular flexibility index (Phi) is 3.64. The van der Waals surface area contributed by atoms with Gasteiger partial charge in [-0.05, 0) is 62.5 Å². The predicted molar refractivity (Wildman–Crippen MR) is 82.0 cm³/mol. The molecule has 2 heteroatoms. The number of ether oxygens (including phenoxy) is 1. The number of rotatable bonds is 3. The molecule has 1 aromatic rings. The Morgan fingerprint density at radius 3 is 2.90 bits per heavy atom. The first-order valence-corrected chi connectivity index (χ1v) is 7.29. The summed E-state index contributed by atoms with van der Waals surface area (Å²) >= 11 is 0. The third-order valence-electron chi connectivity index (χ3n) is 3.80. The second-order valence-corrected chi connectivity index (χ2v) is 5.47. The maximum atomic E-state index is 10.1. The van der Waals surface area contributed by atoms with E-state index in [2.05, 4.69) is 24.3 Å². The Morgan fingerprint density at radius 1 is 1.20 bits per heavy atom. The minimum Gasteiger partial charge on any atom is -0.507 e. The molecule has 2 aliphatic rings. The zero-order valence-corrected chi connectivity index (χ0v) is 11.8. The van der Waals surface area contributed by atoms with Crippen molar-refractivity contribution in [2.24, 2.45) is 0 Å². The van der Waals surface area contributed by atoms with Crippen molar-refractivity contribution in [1.29, 1.82) is 0 Å². The van der Waals surface area contributed by atoms with E-state index in [9.17, 15) is 5.11 Å². The van der Waals surface area contributed by atoms with Gasteiger partial charge in [0.1, 0.15) is 17.6 Å². The number of phenolic OH excluding ortho intramolecular Hbond substituents is 1. The van der Waals surface area contributed by atoms with E-state index in [1.165, 1.54) is 5.57 Å². The van der Waals surface area contributed by atoms with Crippen LogP contribution in [0.3, 0.4) is 0 Å². The highest BCUT2D eigenvalue weighted by Gasteiger charge is 2.15. The van der Waals surface area contributed by atoms with Crippen molar-refractivity contribution in [2.75, 3.05) is 0 Å². The van der Waals surface area contributed by atoms with Crippen molar-refractivity contribution in [3.05, 3.63) is 53.1 Å². The number of fused-ring (bicyclic) bond motifs is 1. The van der Waals surface area contributed by atoms with E-state index in [0.717, 1.165) is 42.6 Å². The zero-order chi connectivity index (χ0) is 13.9. The molecule has 1 aliphatic heterocycles. The minimum atomic E-state index is 0.0705. The standard InChI is InChI=1S/C18H20O2/c1-13-7-10-16-17(19)11-15(12-18(16)20-13)9-8-14-5-3-2-4-6-14/h3,5-7,10-13,19H,2,4,8-9H2,1H3. The summed E-state index contributed by atoms with van der Waals surface area (Å²) in [6, 6.07) is 3.91. The van der Waals surface area contributed by atoms with Gasteiger partial charge in [0, 0.05) is 0 Å². The van der Waals surface area contributed by atoms with Crippen molar-refractivity contribution in [2.45, 2.75) is 38.7 Å². The zero-order valence-electron chi connectivity index (χ0n) is 11.8. The van der Waals surface area contributed by atoms with Crippen molar-refractivity contribution in [3.63, 3.8) is 0 Å². The summed E-state index contributed by atoms with van der Waals surface area (Å²) < 4.78 is 5.77. The van der Waals surface area contributed by atoms with Crippen LogP contribution in [0.5, 0.6) is 11.5 Å². The summed E-state index contributed by atoms with van der Waals surface area (Å²) in [5.74, 6) is 1.11. The van der Waals surface area contributed by atoms with E-state index in [1.54, 1.807) is 0 Å². The first-order valence-electron chi connectivity index (χ1n) is 7.29.